The first-order valence-electron chi connectivity index (χ1n) is 12.7. The van der Waals surface area contributed by atoms with E-state index in [1.165, 1.54) is 0 Å². The van der Waals surface area contributed by atoms with Crippen molar-refractivity contribution in [1.82, 2.24) is 19.7 Å². The van der Waals surface area contributed by atoms with Crippen molar-refractivity contribution < 1.29 is 19.0 Å². The number of nitrogens with one attached hydrogen (secondary N) is 1. The Morgan fingerprint density at radius 1 is 0.972 bits per heavy atom. The predicted octanol–water partition coefficient (Wildman–Crippen LogP) is 4.42. The minimum absolute atomic E-state index is 0.191. The molecular weight excluding hydrogens is 458 g/mol. The summed E-state index contributed by atoms with van der Waals surface area (Å²) in [7, 11) is 0. The molecule has 0 unspecified atom stereocenters. The highest BCUT2D eigenvalue weighted by Crippen LogP contribution is 2.34. The van der Waals surface area contributed by atoms with E-state index in [1.807, 2.05) is 59.4 Å². The second-order valence-electron chi connectivity index (χ2n) is 9.24. The van der Waals surface area contributed by atoms with Crippen molar-refractivity contribution in [2.45, 2.75) is 51.0 Å². The Kier molecular flexibility index (Phi) is 8.10. The number of amides is 1. The fourth-order valence-corrected chi connectivity index (χ4v) is 4.88. The number of rotatable bonds is 8. The van der Waals surface area contributed by atoms with Gasteiger partial charge in [-0.25, -0.2) is 4.79 Å². The summed E-state index contributed by atoms with van der Waals surface area (Å²) < 4.78 is 18.9. The van der Waals surface area contributed by atoms with Gasteiger partial charge in [0.05, 0.1) is 31.1 Å². The van der Waals surface area contributed by atoms with Gasteiger partial charge in [-0.15, -0.1) is 5.10 Å². The summed E-state index contributed by atoms with van der Waals surface area (Å²) in [4.78, 5) is 19.4. The van der Waals surface area contributed by atoms with E-state index < -0.39 is 6.09 Å². The van der Waals surface area contributed by atoms with Crippen LogP contribution in [0.3, 0.4) is 0 Å². The lowest BCUT2D eigenvalue weighted by Gasteiger charge is -2.38. The topological polar surface area (TPSA) is 90.7 Å². The number of aromatic nitrogens is 3. The number of anilines is 1. The van der Waals surface area contributed by atoms with Crippen molar-refractivity contribution in [3.05, 3.63) is 72.2 Å². The molecule has 3 heterocycles. The van der Waals surface area contributed by atoms with Gasteiger partial charge in [-0.3, -0.25) is 19.9 Å². The molecule has 2 aromatic heterocycles. The third-order valence-electron chi connectivity index (χ3n) is 6.83. The molecule has 36 heavy (non-hydrogen) atoms. The number of morpholine rings is 1. The number of ether oxygens (including phenoxy) is 3. The van der Waals surface area contributed by atoms with E-state index in [4.69, 9.17) is 19.3 Å². The highest BCUT2D eigenvalue weighted by Gasteiger charge is 2.29. The van der Waals surface area contributed by atoms with Gasteiger partial charge >= 0.3 is 6.09 Å². The summed E-state index contributed by atoms with van der Waals surface area (Å²) in [5.41, 5.74) is 2.21. The lowest BCUT2D eigenvalue weighted by Crippen LogP contribution is -2.45. The van der Waals surface area contributed by atoms with E-state index in [1.54, 1.807) is 6.20 Å². The fourth-order valence-electron chi connectivity index (χ4n) is 4.88. The zero-order valence-electron chi connectivity index (χ0n) is 20.4. The second-order valence-corrected chi connectivity index (χ2v) is 9.24. The lowest BCUT2D eigenvalue weighted by molar-refractivity contribution is 0.00502. The van der Waals surface area contributed by atoms with E-state index in [2.05, 4.69) is 15.2 Å². The van der Waals surface area contributed by atoms with Crippen LogP contribution in [0.2, 0.25) is 0 Å². The van der Waals surface area contributed by atoms with Gasteiger partial charge in [0.2, 0.25) is 0 Å². The van der Waals surface area contributed by atoms with Gasteiger partial charge in [-0.1, -0.05) is 36.4 Å². The van der Waals surface area contributed by atoms with E-state index in [-0.39, 0.29) is 19.3 Å². The normalized spacial score (nSPS) is 20.6. The molecular formula is C27H33N5O4. The van der Waals surface area contributed by atoms with Crippen LogP contribution in [0.25, 0.3) is 0 Å². The maximum absolute atomic E-state index is 12.6. The van der Waals surface area contributed by atoms with Crippen LogP contribution in [0, 0.1) is 0 Å². The van der Waals surface area contributed by atoms with Crippen molar-refractivity contribution in [2.24, 2.45) is 0 Å². The largest absolute Gasteiger partial charge is 0.469 e. The van der Waals surface area contributed by atoms with E-state index >= 15 is 0 Å². The molecule has 0 radical (unpaired) electrons. The first-order valence-corrected chi connectivity index (χ1v) is 12.7. The van der Waals surface area contributed by atoms with Crippen LogP contribution in [-0.4, -0.2) is 58.1 Å². The standard InChI is InChI=1S/C27H33N5O4/c33-27(36-19-21-6-2-1-3-7-21)29-25-18-32(30-26(25)35-20-22-8-4-5-13-28-22)24-11-9-23(10-12-24)31-14-16-34-17-15-31/h1-8,13,18,23-24H,9-12,14-17,19-20H2,(H,29,33)/t23-,24-. The molecule has 1 N–H and O–H groups in total. The van der Waals surface area contributed by atoms with Crippen LogP contribution in [0.1, 0.15) is 43.0 Å². The molecule has 3 aromatic rings. The molecule has 2 fully saturated rings. The number of carbonyl (C=O) groups is 1. The number of nitrogens with zero attached hydrogens (tertiary/aromatic N) is 4. The predicted molar refractivity (Wildman–Crippen MR) is 135 cm³/mol. The lowest BCUT2D eigenvalue weighted by atomic mass is 9.90. The fraction of sp³-hybridized carbons (Fsp3) is 0.444. The maximum atomic E-state index is 12.6. The average Bonchev–Trinajstić information content (AvgIpc) is 3.35. The van der Waals surface area contributed by atoms with Crippen LogP contribution in [0.4, 0.5) is 10.5 Å². The van der Waals surface area contributed by atoms with Crippen molar-refractivity contribution in [2.75, 3.05) is 31.6 Å². The molecule has 1 saturated heterocycles. The third-order valence-corrected chi connectivity index (χ3v) is 6.83. The molecule has 1 aliphatic carbocycles. The number of hydrogen-bond donors (Lipinski definition) is 1. The van der Waals surface area contributed by atoms with Crippen molar-refractivity contribution in [1.29, 1.82) is 0 Å². The van der Waals surface area contributed by atoms with Crippen molar-refractivity contribution >= 4 is 11.8 Å². The van der Waals surface area contributed by atoms with Gasteiger partial charge in [-0.2, -0.15) is 0 Å². The van der Waals surface area contributed by atoms with Crippen LogP contribution in [0.5, 0.6) is 5.88 Å². The summed E-state index contributed by atoms with van der Waals surface area (Å²) in [6.45, 7) is 4.13. The Morgan fingerprint density at radius 2 is 1.72 bits per heavy atom. The van der Waals surface area contributed by atoms with Crippen molar-refractivity contribution in [3.8, 4) is 5.88 Å². The monoisotopic (exact) mass is 491 g/mol. The summed E-state index contributed by atoms with van der Waals surface area (Å²) in [6, 6.07) is 16.1. The SMILES string of the molecule is O=C(Nc1cn([C@H]2CC[C@H](N3CCOCC3)CC2)nc1OCc1ccccn1)OCc1ccccc1. The van der Waals surface area contributed by atoms with E-state index in [0.29, 0.717) is 17.6 Å². The Hall–Kier alpha value is -3.43. The van der Waals surface area contributed by atoms with Gasteiger partial charge in [0.15, 0.2) is 0 Å². The van der Waals surface area contributed by atoms with E-state index in [0.717, 1.165) is 63.2 Å². The molecule has 190 valence electrons. The molecule has 1 amide bonds. The van der Waals surface area contributed by atoms with Crippen molar-refractivity contribution in [3.63, 3.8) is 0 Å². The quantitative estimate of drug-likeness (QED) is 0.499. The third kappa shape index (κ3) is 6.41. The van der Waals surface area contributed by atoms with Gasteiger partial charge in [-0.05, 0) is 43.4 Å². The molecule has 0 bridgehead atoms. The van der Waals surface area contributed by atoms with Crippen LogP contribution < -0.4 is 10.1 Å². The minimum Gasteiger partial charge on any atom is -0.469 e. The number of carbonyl (C=O) groups excluding carboxylic acids is 1. The number of benzene rings is 1. The first-order chi connectivity index (χ1) is 17.7. The summed E-state index contributed by atoms with van der Waals surface area (Å²) in [5, 5.41) is 7.55. The summed E-state index contributed by atoms with van der Waals surface area (Å²) >= 11 is 0. The molecule has 5 rings (SSSR count). The molecule has 0 spiro atoms. The second kappa shape index (κ2) is 12.0. The number of hydrogen-bond acceptors (Lipinski definition) is 7. The molecule has 1 saturated carbocycles. The van der Waals surface area contributed by atoms with Crippen LogP contribution in [-0.2, 0) is 22.7 Å². The highest BCUT2D eigenvalue weighted by atomic mass is 16.5. The Balaban J connectivity index is 1.24. The average molecular weight is 492 g/mol. The van der Waals surface area contributed by atoms with E-state index in [9.17, 15) is 4.79 Å². The first kappa shape index (κ1) is 24.3. The molecule has 9 heteroatoms. The van der Waals surface area contributed by atoms with Gasteiger partial charge in [0.25, 0.3) is 5.88 Å². The Bertz CT molecular complexity index is 1090. The zero-order chi connectivity index (χ0) is 24.6. The molecule has 0 atom stereocenters. The zero-order valence-corrected chi connectivity index (χ0v) is 20.4. The molecule has 1 aliphatic heterocycles. The van der Waals surface area contributed by atoms with Gasteiger partial charge in [0, 0.05) is 25.3 Å². The maximum Gasteiger partial charge on any atom is 0.412 e. The molecule has 9 nitrogen and oxygen atoms in total. The summed E-state index contributed by atoms with van der Waals surface area (Å²) in [5.74, 6) is 0.368. The van der Waals surface area contributed by atoms with Crippen LogP contribution in [0.15, 0.2) is 60.9 Å². The molecule has 2 aliphatic rings. The van der Waals surface area contributed by atoms with Crippen LogP contribution >= 0.6 is 0 Å². The Labute approximate surface area is 211 Å². The van der Waals surface area contributed by atoms with Gasteiger partial charge in [0.1, 0.15) is 18.9 Å². The minimum atomic E-state index is -0.544. The smallest absolute Gasteiger partial charge is 0.412 e. The highest BCUT2D eigenvalue weighted by molar-refractivity contribution is 5.86. The van der Waals surface area contributed by atoms with Gasteiger partial charge < -0.3 is 14.2 Å². The number of pyridine rings is 1. The summed E-state index contributed by atoms with van der Waals surface area (Å²) in [6.07, 6.45) is 7.34. The molecule has 1 aromatic carbocycles. The Morgan fingerprint density at radius 3 is 2.47 bits per heavy atom.